The lowest BCUT2D eigenvalue weighted by Crippen LogP contribution is -2.44. The molecular formula is C14H15NO3S. The Morgan fingerprint density at radius 3 is 2.58 bits per heavy atom. The summed E-state index contributed by atoms with van der Waals surface area (Å²) in [6, 6.07) is 6.71. The van der Waals surface area contributed by atoms with Gasteiger partial charge in [0.25, 0.3) is 5.91 Å². The number of carbonyl (C=O) groups is 2. The molecule has 1 heterocycles. The topological polar surface area (TPSA) is 66.4 Å². The Bertz CT molecular complexity index is 618. The van der Waals surface area contributed by atoms with Crippen molar-refractivity contribution in [2.24, 2.45) is 5.92 Å². The molecule has 1 aromatic heterocycles. The van der Waals surface area contributed by atoms with Crippen LogP contribution in [0, 0.1) is 5.92 Å². The van der Waals surface area contributed by atoms with Gasteiger partial charge in [0.15, 0.2) is 0 Å². The molecule has 0 saturated heterocycles. The number of benzene rings is 1. The molecule has 0 fully saturated rings. The Balaban J connectivity index is 2.27. The van der Waals surface area contributed by atoms with E-state index in [2.05, 4.69) is 5.32 Å². The van der Waals surface area contributed by atoms with Crippen molar-refractivity contribution in [3.05, 3.63) is 35.2 Å². The minimum Gasteiger partial charge on any atom is -0.480 e. The van der Waals surface area contributed by atoms with Crippen molar-refractivity contribution in [3.8, 4) is 0 Å². The van der Waals surface area contributed by atoms with E-state index < -0.39 is 12.0 Å². The van der Waals surface area contributed by atoms with Crippen molar-refractivity contribution < 1.29 is 14.7 Å². The average Bonchev–Trinajstić information content (AvgIpc) is 2.78. The molecule has 1 aromatic carbocycles. The van der Waals surface area contributed by atoms with E-state index in [0.29, 0.717) is 5.56 Å². The highest BCUT2D eigenvalue weighted by Gasteiger charge is 2.24. The van der Waals surface area contributed by atoms with Gasteiger partial charge in [-0.05, 0) is 12.0 Å². The highest BCUT2D eigenvalue weighted by atomic mass is 32.1. The van der Waals surface area contributed by atoms with Crippen LogP contribution in [0.5, 0.6) is 0 Å². The van der Waals surface area contributed by atoms with Crippen LogP contribution in [0.4, 0.5) is 0 Å². The van der Waals surface area contributed by atoms with Crippen molar-refractivity contribution in [1.82, 2.24) is 5.32 Å². The summed E-state index contributed by atoms with van der Waals surface area (Å²) in [7, 11) is 0. The molecule has 0 spiro atoms. The first-order valence-corrected chi connectivity index (χ1v) is 6.88. The van der Waals surface area contributed by atoms with Gasteiger partial charge >= 0.3 is 5.97 Å². The Morgan fingerprint density at radius 2 is 1.95 bits per heavy atom. The molecule has 0 unspecified atom stereocenters. The van der Waals surface area contributed by atoms with Crippen molar-refractivity contribution in [3.63, 3.8) is 0 Å². The summed E-state index contributed by atoms with van der Waals surface area (Å²) in [6.07, 6.45) is 0. The lowest BCUT2D eigenvalue weighted by Gasteiger charge is -2.17. The molecule has 19 heavy (non-hydrogen) atoms. The number of fused-ring (bicyclic) bond motifs is 1. The number of carboxylic acids is 1. The molecule has 2 aromatic rings. The van der Waals surface area contributed by atoms with E-state index in [9.17, 15) is 9.59 Å². The van der Waals surface area contributed by atoms with Gasteiger partial charge in [-0.1, -0.05) is 32.0 Å². The predicted molar refractivity (Wildman–Crippen MR) is 75.6 cm³/mol. The van der Waals surface area contributed by atoms with E-state index >= 15 is 0 Å². The number of aliphatic carboxylic acids is 1. The van der Waals surface area contributed by atoms with Gasteiger partial charge in [0.2, 0.25) is 0 Å². The van der Waals surface area contributed by atoms with E-state index in [1.807, 2.05) is 24.3 Å². The number of rotatable bonds is 4. The third-order valence-electron chi connectivity index (χ3n) is 2.94. The van der Waals surface area contributed by atoms with Crippen molar-refractivity contribution >= 4 is 33.3 Å². The zero-order valence-electron chi connectivity index (χ0n) is 10.7. The fraction of sp³-hybridized carbons (Fsp3) is 0.286. The molecular weight excluding hydrogens is 262 g/mol. The van der Waals surface area contributed by atoms with Crippen LogP contribution in [-0.2, 0) is 4.79 Å². The molecule has 0 saturated carbocycles. The molecule has 2 N–H and O–H groups in total. The molecule has 0 aliphatic heterocycles. The summed E-state index contributed by atoms with van der Waals surface area (Å²) in [4.78, 5) is 23.3. The zero-order valence-corrected chi connectivity index (χ0v) is 11.5. The number of amides is 1. The Labute approximate surface area is 115 Å². The summed E-state index contributed by atoms with van der Waals surface area (Å²) < 4.78 is 1.02. The molecule has 1 amide bonds. The number of carboxylic acid groups (broad SMARTS) is 1. The third kappa shape index (κ3) is 2.76. The molecule has 4 nitrogen and oxygen atoms in total. The number of thiophene rings is 1. The Kier molecular flexibility index (Phi) is 3.85. The maximum atomic E-state index is 12.2. The van der Waals surface area contributed by atoms with E-state index in [1.54, 1.807) is 19.2 Å². The maximum Gasteiger partial charge on any atom is 0.326 e. The number of carbonyl (C=O) groups excluding carboxylic acids is 1. The summed E-state index contributed by atoms with van der Waals surface area (Å²) in [5, 5.41) is 14.3. The first-order chi connectivity index (χ1) is 9.00. The fourth-order valence-corrected chi connectivity index (χ4v) is 2.83. The average molecular weight is 277 g/mol. The molecule has 5 heteroatoms. The van der Waals surface area contributed by atoms with E-state index in [1.165, 1.54) is 11.3 Å². The molecule has 0 radical (unpaired) electrons. The quantitative estimate of drug-likeness (QED) is 0.903. The van der Waals surface area contributed by atoms with Crippen LogP contribution in [0.3, 0.4) is 0 Å². The fourth-order valence-electron chi connectivity index (χ4n) is 1.89. The third-order valence-corrected chi connectivity index (χ3v) is 3.91. The van der Waals surface area contributed by atoms with Crippen LogP contribution in [-0.4, -0.2) is 23.0 Å². The van der Waals surface area contributed by atoms with Gasteiger partial charge < -0.3 is 10.4 Å². The summed E-state index contributed by atoms with van der Waals surface area (Å²) >= 11 is 1.48. The lowest BCUT2D eigenvalue weighted by atomic mass is 10.0. The van der Waals surface area contributed by atoms with Gasteiger partial charge in [0, 0.05) is 15.5 Å². The molecule has 100 valence electrons. The number of hydrogen-bond acceptors (Lipinski definition) is 3. The molecule has 2 rings (SSSR count). The standard InChI is InChI=1S/C14H15NO3S/c1-8(2)12(14(17)18)15-13(16)10-7-19-11-6-4-3-5-9(10)11/h3-8,12H,1-2H3,(H,15,16)(H,17,18)/t12-/m0/s1. The van der Waals surface area contributed by atoms with Crippen molar-refractivity contribution in [2.45, 2.75) is 19.9 Å². The minimum atomic E-state index is -1.01. The monoisotopic (exact) mass is 277 g/mol. The Morgan fingerprint density at radius 1 is 1.26 bits per heavy atom. The van der Waals surface area contributed by atoms with Crippen LogP contribution in [0.25, 0.3) is 10.1 Å². The number of hydrogen-bond donors (Lipinski definition) is 2. The first-order valence-electron chi connectivity index (χ1n) is 6.00. The number of nitrogens with one attached hydrogen (secondary N) is 1. The molecule has 1 atom stereocenters. The van der Waals surface area contributed by atoms with Crippen LogP contribution < -0.4 is 5.32 Å². The van der Waals surface area contributed by atoms with Gasteiger partial charge in [-0.2, -0.15) is 0 Å². The van der Waals surface area contributed by atoms with E-state index in [4.69, 9.17) is 5.11 Å². The largest absolute Gasteiger partial charge is 0.480 e. The lowest BCUT2D eigenvalue weighted by molar-refractivity contribution is -0.140. The van der Waals surface area contributed by atoms with Crippen LogP contribution in [0.1, 0.15) is 24.2 Å². The van der Waals surface area contributed by atoms with E-state index in [-0.39, 0.29) is 11.8 Å². The van der Waals surface area contributed by atoms with Crippen LogP contribution >= 0.6 is 11.3 Å². The van der Waals surface area contributed by atoms with Gasteiger partial charge in [-0.15, -0.1) is 11.3 Å². The second kappa shape index (κ2) is 5.40. The summed E-state index contributed by atoms with van der Waals surface area (Å²) in [6.45, 7) is 3.54. The van der Waals surface area contributed by atoms with Crippen molar-refractivity contribution in [1.29, 1.82) is 0 Å². The van der Waals surface area contributed by atoms with Crippen LogP contribution in [0.2, 0.25) is 0 Å². The summed E-state index contributed by atoms with van der Waals surface area (Å²) in [5.74, 6) is -1.51. The highest BCUT2D eigenvalue weighted by Crippen LogP contribution is 2.25. The van der Waals surface area contributed by atoms with Crippen LogP contribution in [0.15, 0.2) is 29.6 Å². The Hall–Kier alpha value is -1.88. The second-order valence-electron chi connectivity index (χ2n) is 4.68. The molecule has 0 aliphatic carbocycles. The highest BCUT2D eigenvalue weighted by molar-refractivity contribution is 7.17. The molecule has 0 bridgehead atoms. The van der Waals surface area contributed by atoms with E-state index in [0.717, 1.165) is 10.1 Å². The first kappa shape index (κ1) is 13.5. The van der Waals surface area contributed by atoms with Gasteiger partial charge in [-0.25, -0.2) is 4.79 Å². The smallest absolute Gasteiger partial charge is 0.326 e. The summed E-state index contributed by atoms with van der Waals surface area (Å²) in [5.41, 5.74) is 0.535. The van der Waals surface area contributed by atoms with Gasteiger partial charge in [0.05, 0.1) is 5.56 Å². The SMILES string of the molecule is CC(C)[C@H](NC(=O)c1csc2ccccc12)C(=O)O. The predicted octanol–water partition coefficient (Wildman–Crippen LogP) is 2.74. The molecule has 0 aliphatic rings. The van der Waals surface area contributed by atoms with Crippen molar-refractivity contribution in [2.75, 3.05) is 0 Å². The second-order valence-corrected chi connectivity index (χ2v) is 5.59. The minimum absolute atomic E-state index is 0.161. The van der Waals surface area contributed by atoms with Gasteiger partial charge in [-0.3, -0.25) is 4.79 Å². The normalized spacial score (nSPS) is 12.6. The zero-order chi connectivity index (χ0) is 14.0. The van der Waals surface area contributed by atoms with Gasteiger partial charge in [0.1, 0.15) is 6.04 Å². The maximum absolute atomic E-state index is 12.2.